The molecule has 0 saturated carbocycles. The standard InChI is InChI=1S/C13H13BrCl2N2O/c1-8-13(14)11(18(2)17-8)7-19-12-5-3-4-10(16)9(12)6-15/h3-5H,6-7H2,1-2H3. The molecule has 0 amide bonds. The maximum absolute atomic E-state index is 6.09. The summed E-state index contributed by atoms with van der Waals surface area (Å²) in [6, 6.07) is 5.51. The van der Waals surface area contributed by atoms with E-state index in [9.17, 15) is 0 Å². The zero-order chi connectivity index (χ0) is 14.0. The lowest BCUT2D eigenvalue weighted by Crippen LogP contribution is -2.04. The third kappa shape index (κ3) is 3.07. The van der Waals surface area contributed by atoms with Gasteiger partial charge in [-0.3, -0.25) is 4.68 Å². The lowest BCUT2D eigenvalue weighted by Gasteiger charge is -2.11. The van der Waals surface area contributed by atoms with Crippen molar-refractivity contribution in [2.45, 2.75) is 19.4 Å². The first-order valence-electron chi connectivity index (χ1n) is 5.68. The Morgan fingerprint density at radius 3 is 2.74 bits per heavy atom. The first-order chi connectivity index (χ1) is 9.04. The van der Waals surface area contributed by atoms with Crippen LogP contribution in [0.25, 0.3) is 0 Å². The van der Waals surface area contributed by atoms with Crippen molar-refractivity contribution in [1.29, 1.82) is 0 Å². The minimum atomic E-state index is 0.320. The topological polar surface area (TPSA) is 27.1 Å². The van der Waals surface area contributed by atoms with Crippen LogP contribution in [0.3, 0.4) is 0 Å². The molecule has 0 spiro atoms. The van der Waals surface area contributed by atoms with Gasteiger partial charge in [0.25, 0.3) is 0 Å². The molecule has 0 aliphatic carbocycles. The van der Waals surface area contributed by atoms with Crippen molar-refractivity contribution in [3.63, 3.8) is 0 Å². The van der Waals surface area contributed by atoms with Crippen molar-refractivity contribution in [3.05, 3.63) is 44.6 Å². The fourth-order valence-corrected chi connectivity index (χ4v) is 2.81. The van der Waals surface area contributed by atoms with Crippen LogP contribution in [0.5, 0.6) is 5.75 Å². The third-order valence-corrected chi connectivity index (χ3v) is 4.49. The van der Waals surface area contributed by atoms with E-state index in [-0.39, 0.29) is 0 Å². The monoisotopic (exact) mass is 362 g/mol. The van der Waals surface area contributed by atoms with Crippen molar-refractivity contribution in [1.82, 2.24) is 9.78 Å². The molecule has 0 atom stereocenters. The Labute approximate surface area is 130 Å². The van der Waals surface area contributed by atoms with Gasteiger partial charge in [0.15, 0.2) is 0 Å². The number of alkyl halides is 1. The van der Waals surface area contributed by atoms with Gasteiger partial charge in [0.2, 0.25) is 0 Å². The molecule has 3 nitrogen and oxygen atoms in total. The van der Waals surface area contributed by atoms with E-state index in [1.807, 2.05) is 26.1 Å². The molecule has 2 rings (SSSR count). The lowest BCUT2D eigenvalue weighted by molar-refractivity contribution is 0.292. The van der Waals surface area contributed by atoms with Gasteiger partial charge in [-0.25, -0.2) is 0 Å². The average molecular weight is 364 g/mol. The second kappa shape index (κ2) is 6.16. The van der Waals surface area contributed by atoms with Crippen LogP contribution >= 0.6 is 39.1 Å². The number of ether oxygens (including phenoxy) is 1. The van der Waals surface area contributed by atoms with Gasteiger partial charge in [-0.15, -0.1) is 11.6 Å². The molecule has 0 aliphatic rings. The molecule has 0 radical (unpaired) electrons. The number of rotatable bonds is 4. The fourth-order valence-electron chi connectivity index (χ4n) is 1.79. The Balaban J connectivity index is 2.21. The molecule has 1 aromatic heterocycles. The minimum Gasteiger partial charge on any atom is -0.487 e. The Morgan fingerprint density at radius 1 is 1.42 bits per heavy atom. The van der Waals surface area contributed by atoms with Crippen molar-refractivity contribution in [3.8, 4) is 5.75 Å². The summed E-state index contributed by atoms with van der Waals surface area (Å²) in [4.78, 5) is 0. The summed E-state index contributed by atoms with van der Waals surface area (Å²) in [7, 11) is 1.89. The highest BCUT2D eigenvalue weighted by Crippen LogP contribution is 2.29. The normalized spacial score (nSPS) is 10.8. The summed E-state index contributed by atoms with van der Waals surface area (Å²) in [5.41, 5.74) is 2.71. The molecule has 2 aromatic rings. The van der Waals surface area contributed by atoms with Crippen LogP contribution in [0.2, 0.25) is 5.02 Å². The van der Waals surface area contributed by atoms with Crippen molar-refractivity contribution in [2.24, 2.45) is 7.05 Å². The van der Waals surface area contributed by atoms with Crippen LogP contribution in [0.15, 0.2) is 22.7 Å². The quantitative estimate of drug-likeness (QED) is 0.749. The van der Waals surface area contributed by atoms with Gasteiger partial charge in [0, 0.05) is 17.6 Å². The molecule has 1 aromatic carbocycles. The Hall–Kier alpha value is -0.710. The molecule has 0 fully saturated rings. The highest BCUT2D eigenvalue weighted by molar-refractivity contribution is 9.10. The summed E-state index contributed by atoms with van der Waals surface area (Å²) in [5, 5.41) is 4.94. The van der Waals surface area contributed by atoms with E-state index in [1.54, 1.807) is 10.7 Å². The van der Waals surface area contributed by atoms with Crippen molar-refractivity contribution < 1.29 is 4.74 Å². The van der Waals surface area contributed by atoms with Gasteiger partial charge in [0.05, 0.1) is 21.7 Å². The van der Waals surface area contributed by atoms with Crippen LogP contribution in [-0.4, -0.2) is 9.78 Å². The van der Waals surface area contributed by atoms with Crippen LogP contribution in [-0.2, 0) is 19.5 Å². The maximum atomic E-state index is 6.09. The first-order valence-corrected chi connectivity index (χ1v) is 7.39. The molecule has 0 saturated heterocycles. The number of aromatic nitrogens is 2. The highest BCUT2D eigenvalue weighted by Gasteiger charge is 2.13. The molecular weight excluding hydrogens is 351 g/mol. The van der Waals surface area contributed by atoms with E-state index in [2.05, 4.69) is 21.0 Å². The number of aryl methyl sites for hydroxylation is 2. The molecule has 0 aliphatic heterocycles. The predicted octanol–water partition coefficient (Wildman–Crippen LogP) is 4.46. The summed E-state index contributed by atoms with van der Waals surface area (Å²) in [6.45, 7) is 2.35. The average Bonchev–Trinajstić information content (AvgIpc) is 2.61. The van der Waals surface area contributed by atoms with Crippen molar-refractivity contribution >= 4 is 39.1 Å². The lowest BCUT2D eigenvalue weighted by atomic mass is 10.2. The summed E-state index contributed by atoms with van der Waals surface area (Å²) in [6.07, 6.45) is 0. The minimum absolute atomic E-state index is 0.320. The maximum Gasteiger partial charge on any atom is 0.131 e. The number of benzene rings is 1. The Morgan fingerprint density at radius 2 is 2.16 bits per heavy atom. The number of hydrogen-bond acceptors (Lipinski definition) is 2. The second-order valence-electron chi connectivity index (χ2n) is 4.11. The van der Waals surface area contributed by atoms with Gasteiger partial charge >= 0.3 is 0 Å². The number of hydrogen-bond donors (Lipinski definition) is 0. The van der Waals surface area contributed by atoms with Gasteiger partial charge in [0.1, 0.15) is 12.4 Å². The van der Waals surface area contributed by atoms with E-state index >= 15 is 0 Å². The third-order valence-electron chi connectivity index (χ3n) is 2.84. The van der Waals surface area contributed by atoms with Gasteiger partial charge < -0.3 is 4.74 Å². The predicted molar refractivity (Wildman–Crippen MR) is 81.0 cm³/mol. The van der Waals surface area contributed by atoms with E-state index in [0.29, 0.717) is 23.3 Å². The van der Waals surface area contributed by atoms with E-state index < -0.39 is 0 Å². The summed E-state index contributed by atoms with van der Waals surface area (Å²) < 4.78 is 8.57. The van der Waals surface area contributed by atoms with E-state index in [0.717, 1.165) is 21.4 Å². The molecule has 102 valence electrons. The van der Waals surface area contributed by atoms with E-state index in [1.165, 1.54) is 0 Å². The molecule has 0 N–H and O–H groups in total. The number of halogens is 3. The first kappa shape index (κ1) is 14.7. The SMILES string of the molecule is Cc1nn(C)c(COc2cccc(Cl)c2CCl)c1Br. The molecule has 1 heterocycles. The zero-order valence-electron chi connectivity index (χ0n) is 10.6. The van der Waals surface area contributed by atoms with Crippen LogP contribution in [0.1, 0.15) is 17.0 Å². The summed E-state index contributed by atoms with van der Waals surface area (Å²) in [5.74, 6) is 1.02. The van der Waals surface area contributed by atoms with Gasteiger partial charge in [-0.05, 0) is 35.0 Å². The van der Waals surface area contributed by atoms with Crippen molar-refractivity contribution in [2.75, 3.05) is 0 Å². The Kier molecular flexibility index (Phi) is 4.76. The van der Waals surface area contributed by atoms with Crippen LogP contribution < -0.4 is 4.74 Å². The molecular formula is C13H13BrCl2N2O. The zero-order valence-corrected chi connectivity index (χ0v) is 13.7. The van der Waals surface area contributed by atoms with E-state index in [4.69, 9.17) is 27.9 Å². The second-order valence-corrected chi connectivity index (χ2v) is 5.58. The largest absolute Gasteiger partial charge is 0.487 e. The van der Waals surface area contributed by atoms with Gasteiger partial charge in [-0.2, -0.15) is 5.10 Å². The molecule has 6 heteroatoms. The molecule has 19 heavy (non-hydrogen) atoms. The van der Waals surface area contributed by atoms with Crippen LogP contribution in [0, 0.1) is 6.92 Å². The van der Waals surface area contributed by atoms with Gasteiger partial charge in [-0.1, -0.05) is 17.7 Å². The Bertz CT molecular complexity index is 599. The number of nitrogens with zero attached hydrogens (tertiary/aromatic N) is 2. The smallest absolute Gasteiger partial charge is 0.131 e. The van der Waals surface area contributed by atoms with Crippen LogP contribution in [0.4, 0.5) is 0 Å². The fraction of sp³-hybridized carbons (Fsp3) is 0.308. The molecule has 0 bridgehead atoms. The molecule has 0 unspecified atom stereocenters. The highest BCUT2D eigenvalue weighted by atomic mass is 79.9. The summed E-state index contributed by atoms with van der Waals surface area (Å²) >= 11 is 15.5.